The number of ether oxygens (including phenoxy) is 1. The molecule has 0 aliphatic carbocycles. The number of nitrogens with zero attached hydrogens (tertiary/aromatic N) is 1. The van der Waals surface area contributed by atoms with Gasteiger partial charge >= 0.3 is 6.61 Å². The first kappa shape index (κ1) is 10.6. The van der Waals surface area contributed by atoms with Crippen molar-refractivity contribution < 1.29 is 13.5 Å². The fourth-order valence-electron chi connectivity index (χ4n) is 1.08. The van der Waals surface area contributed by atoms with Crippen LogP contribution in [0.5, 0.6) is 5.75 Å². The molecule has 0 saturated carbocycles. The fraction of sp³-hybridized carbons (Fsp3) is 0.300. The van der Waals surface area contributed by atoms with Gasteiger partial charge in [-0.15, -0.1) is 0 Å². The van der Waals surface area contributed by atoms with Crippen LogP contribution in [0, 0.1) is 0 Å². The van der Waals surface area contributed by atoms with Crippen LogP contribution in [-0.2, 0) is 0 Å². The molecule has 0 atom stereocenters. The van der Waals surface area contributed by atoms with E-state index in [0.717, 1.165) is 0 Å². The van der Waals surface area contributed by atoms with Crippen molar-refractivity contribution in [2.45, 2.75) is 13.5 Å². The first-order valence-electron chi connectivity index (χ1n) is 4.12. The van der Waals surface area contributed by atoms with Crippen molar-refractivity contribution in [3.63, 3.8) is 0 Å². The standard InChI is InChI=1S/C10H11F2NO/c1-7(13-2)8-5-3-4-6-9(8)14-10(11)12/h3-6,10H,1-2H3. The SMILES string of the molecule is CN=C(C)c1ccccc1OC(F)F. The second-order valence-electron chi connectivity index (χ2n) is 2.68. The second-order valence-corrected chi connectivity index (χ2v) is 2.68. The number of hydrogen-bond donors (Lipinski definition) is 0. The van der Waals surface area contributed by atoms with Crippen LogP contribution in [0.3, 0.4) is 0 Å². The Morgan fingerprint density at radius 3 is 2.57 bits per heavy atom. The van der Waals surface area contributed by atoms with Gasteiger partial charge in [-0.25, -0.2) is 0 Å². The van der Waals surface area contributed by atoms with Crippen molar-refractivity contribution in [2.24, 2.45) is 4.99 Å². The highest BCUT2D eigenvalue weighted by atomic mass is 19.3. The quantitative estimate of drug-likeness (QED) is 0.686. The van der Waals surface area contributed by atoms with Crippen LogP contribution in [0.1, 0.15) is 12.5 Å². The lowest BCUT2D eigenvalue weighted by atomic mass is 10.1. The average molecular weight is 199 g/mol. The Bertz CT molecular complexity index is 337. The van der Waals surface area contributed by atoms with Gasteiger partial charge in [0.05, 0.1) is 0 Å². The zero-order valence-corrected chi connectivity index (χ0v) is 8.00. The van der Waals surface area contributed by atoms with Crippen molar-refractivity contribution in [3.05, 3.63) is 29.8 Å². The monoisotopic (exact) mass is 199 g/mol. The molecule has 1 aromatic rings. The van der Waals surface area contributed by atoms with E-state index < -0.39 is 6.61 Å². The first-order chi connectivity index (χ1) is 6.65. The molecule has 0 heterocycles. The Kier molecular flexibility index (Phi) is 3.56. The molecule has 4 heteroatoms. The van der Waals surface area contributed by atoms with Crippen molar-refractivity contribution in [2.75, 3.05) is 7.05 Å². The highest BCUT2D eigenvalue weighted by Crippen LogP contribution is 2.20. The topological polar surface area (TPSA) is 21.6 Å². The molecule has 0 aliphatic heterocycles. The molecule has 0 saturated heterocycles. The molecule has 0 bridgehead atoms. The minimum atomic E-state index is -2.80. The number of halogens is 2. The Labute approximate surface area is 81.2 Å². The van der Waals surface area contributed by atoms with Gasteiger partial charge in [0.25, 0.3) is 0 Å². The summed E-state index contributed by atoms with van der Waals surface area (Å²) in [5, 5.41) is 0. The third kappa shape index (κ3) is 2.52. The van der Waals surface area contributed by atoms with E-state index in [0.29, 0.717) is 11.3 Å². The van der Waals surface area contributed by atoms with E-state index in [-0.39, 0.29) is 5.75 Å². The van der Waals surface area contributed by atoms with E-state index >= 15 is 0 Å². The van der Waals surface area contributed by atoms with Gasteiger partial charge in [0.1, 0.15) is 5.75 Å². The normalized spacial score (nSPS) is 11.9. The smallest absolute Gasteiger partial charge is 0.387 e. The Morgan fingerprint density at radius 2 is 2.00 bits per heavy atom. The first-order valence-corrected chi connectivity index (χ1v) is 4.12. The summed E-state index contributed by atoms with van der Waals surface area (Å²) in [7, 11) is 1.61. The predicted molar refractivity (Wildman–Crippen MR) is 51.2 cm³/mol. The molecular weight excluding hydrogens is 188 g/mol. The molecule has 14 heavy (non-hydrogen) atoms. The maximum Gasteiger partial charge on any atom is 0.387 e. The van der Waals surface area contributed by atoms with Crippen LogP contribution in [0.15, 0.2) is 29.3 Å². The number of alkyl halides is 2. The van der Waals surface area contributed by atoms with E-state index in [1.165, 1.54) is 6.07 Å². The molecule has 0 fully saturated rings. The van der Waals surface area contributed by atoms with Crippen LogP contribution in [0.4, 0.5) is 8.78 Å². The summed E-state index contributed by atoms with van der Waals surface area (Å²) < 4.78 is 28.4. The largest absolute Gasteiger partial charge is 0.434 e. The van der Waals surface area contributed by atoms with Gasteiger partial charge in [-0.05, 0) is 19.1 Å². The number of rotatable bonds is 3. The fourth-order valence-corrected chi connectivity index (χ4v) is 1.08. The van der Waals surface area contributed by atoms with E-state index in [2.05, 4.69) is 9.73 Å². The summed E-state index contributed by atoms with van der Waals surface area (Å²) in [6, 6.07) is 6.59. The molecule has 1 rings (SSSR count). The van der Waals surface area contributed by atoms with Crippen LogP contribution in [-0.4, -0.2) is 19.4 Å². The van der Waals surface area contributed by atoms with Crippen LogP contribution in [0.2, 0.25) is 0 Å². The van der Waals surface area contributed by atoms with Crippen molar-refractivity contribution in [1.82, 2.24) is 0 Å². The van der Waals surface area contributed by atoms with Crippen molar-refractivity contribution in [1.29, 1.82) is 0 Å². The Morgan fingerprint density at radius 1 is 1.36 bits per heavy atom. The molecule has 0 aliphatic rings. The van der Waals surface area contributed by atoms with Gasteiger partial charge in [-0.2, -0.15) is 8.78 Å². The Balaban J connectivity index is 3.03. The highest BCUT2D eigenvalue weighted by molar-refractivity contribution is 6.01. The third-order valence-corrected chi connectivity index (χ3v) is 1.83. The van der Waals surface area contributed by atoms with Crippen molar-refractivity contribution in [3.8, 4) is 5.75 Å². The molecule has 0 radical (unpaired) electrons. The summed E-state index contributed by atoms with van der Waals surface area (Å²) >= 11 is 0. The molecule has 0 amide bonds. The number of benzene rings is 1. The summed E-state index contributed by atoms with van der Waals surface area (Å²) in [6.07, 6.45) is 0. The van der Waals surface area contributed by atoms with Crippen LogP contribution < -0.4 is 4.74 Å². The minimum absolute atomic E-state index is 0.158. The zero-order valence-electron chi connectivity index (χ0n) is 8.00. The maximum atomic E-state index is 12.0. The number of aliphatic imine (C=N–C) groups is 1. The molecule has 0 N–H and O–H groups in total. The maximum absolute atomic E-state index is 12.0. The minimum Gasteiger partial charge on any atom is -0.434 e. The Hall–Kier alpha value is -1.45. The molecule has 0 spiro atoms. The van der Waals surface area contributed by atoms with Crippen molar-refractivity contribution >= 4 is 5.71 Å². The molecule has 76 valence electrons. The van der Waals surface area contributed by atoms with E-state index in [4.69, 9.17) is 0 Å². The lowest BCUT2D eigenvalue weighted by Gasteiger charge is -2.09. The van der Waals surface area contributed by atoms with E-state index in [1.54, 1.807) is 32.2 Å². The molecule has 2 nitrogen and oxygen atoms in total. The number of para-hydroxylation sites is 1. The molecule has 0 unspecified atom stereocenters. The van der Waals surface area contributed by atoms with Crippen LogP contribution in [0.25, 0.3) is 0 Å². The van der Waals surface area contributed by atoms with Gasteiger partial charge in [0.15, 0.2) is 0 Å². The average Bonchev–Trinajstić information content (AvgIpc) is 2.16. The predicted octanol–water partition coefficient (Wildman–Crippen LogP) is 2.73. The van der Waals surface area contributed by atoms with Gasteiger partial charge in [-0.1, -0.05) is 12.1 Å². The van der Waals surface area contributed by atoms with Gasteiger partial charge < -0.3 is 4.74 Å². The highest BCUT2D eigenvalue weighted by Gasteiger charge is 2.09. The second kappa shape index (κ2) is 4.69. The molecule has 1 aromatic carbocycles. The van der Waals surface area contributed by atoms with Gasteiger partial charge in [0.2, 0.25) is 0 Å². The summed E-state index contributed by atoms with van der Waals surface area (Å²) in [4.78, 5) is 3.92. The summed E-state index contributed by atoms with van der Waals surface area (Å²) in [5.74, 6) is 0.158. The lowest BCUT2D eigenvalue weighted by molar-refractivity contribution is -0.0499. The van der Waals surface area contributed by atoms with E-state index in [9.17, 15) is 8.78 Å². The lowest BCUT2D eigenvalue weighted by Crippen LogP contribution is -2.06. The summed E-state index contributed by atoms with van der Waals surface area (Å²) in [6.45, 7) is -1.06. The zero-order chi connectivity index (χ0) is 10.6. The van der Waals surface area contributed by atoms with Gasteiger partial charge in [-0.3, -0.25) is 4.99 Å². The molecular formula is C10H11F2NO. The number of hydrogen-bond acceptors (Lipinski definition) is 2. The molecule has 0 aromatic heterocycles. The van der Waals surface area contributed by atoms with E-state index in [1.807, 2.05) is 0 Å². The third-order valence-electron chi connectivity index (χ3n) is 1.83. The summed E-state index contributed by atoms with van der Waals surface area (Å²) in [5.41, 5.74) is 1.26. The van der Waals surface area contributed by atoms with Crippen LogP contribution >= 0.6 is 0 Å². The van der Waals surface area contributed by atoms with Gasteiger partial charge in [0, 0.05) is 18.3 Å².